The first kappa shape index (κ1) is 20.1. The van der Waals surface area contributed by atoms with Crippen LogP contribution in [0.3, 0.4) is 0 Å². The number of amides is 2. The molecule has 3 aromatic rings. The van der Waals surface area contributed by atoms with Crippen molar-refractivity contribution in [2.24, 2.45) is 0 Å². The van der Waals surface area contributed by atoms with E-state index in [0.717, 1.165) is 24.3 Å². The number of rotatable bonds is 8. The standard InChI is InChI=1S/C21H23N5O3S/c1-2-3-6-25(12-17-5-4-7-29-17)21(28)15-8-18-20(22-9-15)23-10-19(27)26(18)11-16-13-30-14-24-16/h4-5,7-9,13-14H,2-3,6,10-12H2,1H3,(H,22,23). The third kappa shape index (κ3) is 4.35. The fourth-order valence-electron chi connectivity index (χ4n) is 3.33. The molecule has 1 aliphatic rings. The van der Waals surface area contributed by atoms with E-state index in [9.17, 15) is 9.59 Å². The zero-order valence-electron chi connectivity index (χ0n) is 16.7. The largest absolute Gasteiger partial charge is 0.467 e. The Kier molecular flexibility index (Phi) is 6.08. The van der Waals surface area contributed by atoms with Crippen LogP contribution >= 0.6 is 11.3 Å². The third-order valence-corrected chi connectivity index (χ3v) is 5.55. The molecule has 1 aliphatic heterocycles. The molecule has 0 fully saturated rings. The van der Waals surface area contributed by atoms with Gasteiger partial charge in [-0.05, 0) is 24.6 Å². The second-order valence-electron chi connectivity index (χ2n) is 7.06. The summed E-state index contributed by atoms with van der Waals surface area (Å²) in [7, 11) is 0. The number of anilines is 2. The fraction of sp³-hybridized carbons (Fsp3) is 0.333. The highest BCUT2D eigenvalue weighted by Crippen LogP contribution is 2.30. The molecule has 2 amide bonds. The Morgan fingerprint density at radius 3 is 3.03 bits per heavy atom. The van der Waals surface area contributed by atoms with Crippen LogP contribution in [0.2, 0.25) is 0 Å². The molecule has 0 unspecified atom stereocenters. The number of hydrogen-bond donors (Lipinski definition) is 1. The predicted octanol–water partition coefficient (Wildman–Crippen LogP) is 3.53. The van der Waals surface area contributed by atoms with Crippen molar-refractivity contribution in [3.8, 4) is 0 Å². The predicted molar refractivity (Wildman–Crippen MR) is 114 cm³/mol. The van der Waals surface area contributed by atoms with Crippen LogP contribution in [0, 0.1) is 0 Å². The van der Waals surface area contributed by atoms with Crippen molar-refractivity contribution in [3.63, 3.8) is 0 Å². The highest BCUT2D eigenvalue weighted by atomic mass is 32.1. The molecule has 1 N–H and O–H groups in total. The summed E-state index contributed by atoms with van der Waals surface area (Å²) in [4.78, 5) is 37.9. The van der Waals surface area contributed by atoms with Crippen molar-refractivity contribution < 1.29 is 14.0 Å². The number of fused-ring (bicyclic) bond motifs is 1. The summed E-state index contributed by atoms with van der Waals surface area (Å²) in [6.07, 6.45) is 5.03. The van der Waals surface area contributed by atoms with Gasteiger partial charge in [-0.15, -0.1) is 11.3 Å². The van der Waals surface area contributed by atoms with Gasteiger partial charge in [0.15, 0.2) is 5.82 Å². The number of carbonyl (C=O) groups excluding carboxylic acids is 2. The van der Waals surface area contributed by atoms with Gasteiger partial charge < -0.3 is 19.5 Å². The van der Waals surface area contributed by atoms with Crippen LogP contribution in [-0.2, 0) is 17.9 Å². The number of pyridine rings is 1. The first-order chi connectivity index (χ1) is 14.7. The average molecular weight is 426 g/mol. The lowest BCUT2D eigenvalue weighted by molar-refractivity contribution is -0.117. The van der Waals surface area contributed by atoms with Crippen molar-refractivity contribution in [3.05, 3.63) is 58.6 Å². The summed E-state index contributed by atoms with van der Waals surface area (Å²) in [6, 6.07) is 5.41. The van der Waals surface area contributed by atoms with E-state index >= 15 is 0 Å². The summed E-state index contributed by atoms with van der Waals surface area (Å²) in [5.41, 5.74) is 3.58. The molecule has 0 aromatic carbocycles. The van der Waals surface area contributed by atoms with Gasteiger partial charge in [-0.3, -0.25) is 9.59 Å². The van der Waals surface area contributed by atoms with E-state index in [4.69, 9.17) is 4.42 Å². The maximum atomic E-state index is 13.3. The number of hydrogen-bond acceptors (Lipinski definition) is 7. The molecule has 0 spiro atoms. The van der Waals surface area contributed by atoms with Gasteiger partial charge in [-0.1, -0.05) is 13.3 Å². The summed E-state index contributed by atoms with van der Waals surface area (Å²) < 4.78 is 5.43. The van der Waals surface area contributed by atoms with Crippen LogP contribution in [-0.4, -0.2) is 39.8 Å². The second-order valence-corrected chi connectivity index (χ2v) is 7.78. The number of thiazole rings is 1. The van der Waals surface area contributed by atoms with E-state index in [2.05, 4.69) is 22.2 Å². The lowest BCUT2D eigenvalue weighted by atomic mass is 10.1. The Hall–Kier alpha value is -3.20. The maximum absolute atomic E-state index is 13.3. The zero-order chi connectivity index (χ0) is 20.9. The molecule has 0 aliphatic carbocycles. The van der Waals surface area contributed by atoms with E-state index in [1.807, 2.05) is 17.5 Å². The number of nitrogens with one attached hydrogen (secondary N) is 1. The molecule has 0 saturated carbocycles. The van der Waals surface area contributed by atoms with Crippen LogP contribution < -0.4 is 10.2 Å². The first-order valence-electron chi connectivity index (χ1n) is 9.88. The minimum atomic E-state index is -0.137. The number of furan rings is 1. The van der Waals surface area contributed by atoms with Gasteiger partial charge in [0.05, 0.1) is 48.4 Å². The van der Waals surface area contributed by atoms with E-state index in [1.165, 1.54) is 11.3 Å². The molecule has 0 atom stereocenters. The van der Waals surface area contributed by atoms with Crippen LogP contribution in [0.5, 0.6) is 0 Å². The Morgan fingerprint density at radius 1 is 1.40 bits per heavy atom. The number of nitrogens with zero attached hydrogens (tertiary/aromatic N) is 4. The molecule has 8 nitrogen and oxygen atoms in total. The summed E-state index contributed by atoms with van der Waals surface area (Å²) >= 11 is 1.48. The normalized spacial score (nSPS) is 13.1. The van der Waals surface area contributed by atoms with Crippen LogP contribution in [0.15, 0.2) is 46.0 Å². The Labute approximate surface area is 178 Å². The Balaban J connectivity index is 1.61. The van der Waals surface area contributed by atoms with Crippen LogP contribution in [0.4, 0.5) is 11.5 Å². The minimum absolute atomic E-state index is 0.0830. The molecule has 4 rings (SSSR count). The summed E-state index contributed by atoms with van der Waals surface area (Å²) in [5.74, 6) is 1.10. The molecular weight excluding hydrogens is 402 g/mol. The molecular formula is C21H23N5O3S. The topological polar surface area (TPSA) is 91.6 Å². The van der Waals surface area contributed by atoms with Gasteiger partial charge in [-0.2, -0.15) is 0 Å². The van der Waals surface area contributed by atoms with Crippen molar-refractivity contribution in [2.45, 2.75) is 32.9 Å². The first-order valence-corrected chi connectivity index (χ1v) is 10.8. The van der Waals surface area contributed by atoms with Gasteiger partial charge in [0, 0.05) is 18.1 Å². The van der Waals surface area contributed by atoms with E-state index in [1.54, 1.807) is 33.8 Å². The van der Waals surface area contributed by atoms with Crippen molar-refractivity contribution in [1.29, 1.82) is 0 Å². The van der Waals surface area contributed by atoms with Gasteiger partial charge >= 0.3 is 0 Å². The second kappa shape index (κ2) is 9.08. The van der Waals surface area contributed by atoms with Crippen molar-refractivity contribution in [2.75, 3.05) is 23.3 Å². The molecule has 9 heteroatoms. The van der Waals surface area contributed by atoms with E-state index < -0.39 is 0 Å². The average Bonchev–Trinajstić information content (AvgIpc) is 3.46. The van der Waals surface area contributed by atoms with Crippen molar-refractivity contribution >= 4 is 34.7 Å². The maximum Gasteiger partial charge on any atom is 0.255 e. The van der Waals surface area contributed by atoms with Gasteiger partial charge in [0.25, 0.3) is 5.91 Å². The number of aromatic nitrogens is 2. The molecule has 156 valence electrons. The smallest absolute Gasteiger partial charge is 0.255 e. The van der Waals surface area contributed by atoms with Gasteiger partial charge in [-0.25, -0.2) is 9.97 Å². The quantitative estimate of drug-likeness (QED) is 0.594. The molecule has 3 aromatic heterocycles. The van der Waals surface area contributed by atoms with Gasteiger partial charge in [0.2, 0.25) is 5.91 Å². The monoisotopic (exact) mass is 425 g/mol. The van der Waals surface area contributed by atoms with Crippen LogP contribution in [0.1, 0.15) is 41.6 Å². The highest BCUT2D eigenvalue weighted by Gasteiger charge is 2.27. The molecule has 30 heavy (non-hydrogen) atoms. The number of unbranched alkanes of at least 4 members (excludes halogenated alkanes) is 1. The Morgan fingerprint density at radius 2 is 2.30 bits per heavy atom. The van der Waals surface area contributed by atoms with Gasteiger partial charge in [0.1, 0.15) is 5.76 Å². The SMILES string of the molecule is CCCCN(Cc1ccco1)C(=O)c1cnc2c(c1)N(Cc1cscn1)C(=O)CN2. The summed E-state index contributed by atoms with van der Waals surface area (Å²) in [5, 5.41) is 4.94. The number of carbonyl (C=O) groups is 2. The molecule has 0 radical (unpaired) electrons. The zero-order valence-corrected chi connectivity index (χ0v) is 17.5. The van der Waals surface area contributed by atoms with E-state index in [0.29, 0.717) is 36.7 Å². The minimum Gasteiger partial charge on any atom is -0.467 e. The molecule has 4 heterocycles. The highest BCUT2D eigenvalue weighted by molar-refractivity contribution is 7.07. The fourth-order valence-corrected chi connectivity index (χ4v) is 3.88. The Bertz CT molecular complexity index is 1000. The van der Waals surface area contributed by atoms with Crippen LogP contribution in [0.25, 0.3) is 0 Å². The lowest BCUT2D eigenvalue weighted by Crippen LogP contribution is -2.40. The van der Waals surface area contributed by atoms with Crippen molar-refractivity contribution in [1.82, 2.24) is 14.9 Å². The van der Waals surface area contributed by atoms with E-state index in [-0.39, 0.29) is 18.4 Å². The molecule has 0 saturated heterocycles. The lowest BCUT2D eigenvalue weighted by Gasteiger charge is -2.29. The summed E-state index contributed by atoms with van der Waals surface area (Å²) in [6.45, 7) is 3.61. The third-order valence-electron chi connectivity index (χ3n) is 4.91. The molecule has 0 bridgehead atoms.